The fourth-order valence-electron chi connectivity index (χ4n) is 3.63. The number of rotatable bonds is 7. The summed E-state index contributed by atoms with van der Waals surface area (Å²) >= 11 is 1.09. The summed E-state index contributed by atoms with van der Waals surface area (Å²) < 4.78 is 14.8. The van der Waals surface area contributed by atoms with Gasteiger partial charge in [0.05, 0.1) is 17.8 Å². The van der Waals surface area contributed by atoms with Crippen LogP contribution in [0.1, 0.15) is 40.5 Å². The molecule has 1 unspecified atom stereocenters. The van der Waals surface area contributed by atoms with E-state index >= 15 is 0 Å². The third-order valence-electron chi connectivity index (χ3n) is 5.27. The van der Waals surface area contributed by atoms with Crippen molar-refractivity contribution in [3.05, 3.63) is 71.4 Å². The number of nitrogens with one attached hydrogen (secondary N) is 2. The molecule has 0 radical (unpaired) electrons. The van der Waals surface area contributed by atoms with Crippen LogP contribution in [0.4, 0.5) is 0 Å². The van der Waals surface area contributed by atoms with E-state index in [0.717, 1.165) is 43.2 Å². The first kappa shape index (κ1) is 20.3. The van der Waals surface area contributed by atoms with Crippen LogP contribution >= 0.6 is 11.7 Å². The topological polar surface area (TPSA) is 96.4 Å². The minimum absolute atomic E-state index is 0.127. The molecule has 2 aromatic carbocycles. The van der Waals surface area contributed by atoms with Crippen LogP contribution in [0.3, 0.4) is 0 Å². The van der Waals surface area contributed by atoms with Crippen LogP contribution in [-0.2, 0) is 6.61 Å². The average Bonchev–Trinajstić information content (AvgIpc) is 3.26. The first-order valence-corrected chi connectivity index (χ1v) is 10.7. The number of hydrogen-bond acceptors (Lipinski definition) is 7. The number of aromatic hydroxyl groups is 1. The maximum absolute atomic E-state index is 12.9. The monoisotopic (exact) mass is 424 g/mol. The van der Waals surface area contributed by atoms with Crippen molar-refractivity contribution in [2.24, 2.45) is 5.92 Å². The quantitative estimate of drug-likeness (QED) is 0.539. The van der Waals surface area contributed by atoms with Crippen molar-refractivity contribution < 1.29 is 14.6 Å². The summed E-state index contributed by atoms with van der Waals surface area (Å²) in [7, 11) is 0. The molecule has 1 fully saturated rings. The van der Waals surface area contributed by atoms with Crippen LogP contribution in [0.15, 0.2) is 54.6 Å². The summed E-state index contributed by atoms with van der Waals surface area (Å²) in [5.74, 6) is 0.621. The number of carbonyl (C=O) groups is 1. The smallest absolute Gasteiger partial charge is 0.251 e. The fraction of sp³-hybridized carbons (Fsp3) is 0.318. The third kappa shape index (κ3) is 4.95. The van der Waals surface area contributed by atoms with E-state index in [0.29, 0.717) is 23.7 Å². The standard InChI is InChI=1S/C22H24N4O3S/c27-18-8-6-17(7-9-18)21(28)24-19(16-10-12-23-13-11-16)20-22(26-30-25-20)29-14-15-4-2-1-3-5-15/h1-9,16,19,23,27H,10-14H2,(H,24,28). The number of amides is 1. The van der Waals surface area contributed by atoms with Gasteiger partial charge in [-0.05, 0) is 61.7 Å². The van der Waals surface area contributed by atoms with Crippen LogP contribution in [0.2, 0.25) is 0 Å². The second-order valence-electron chi connectivity index (χ2n) is 7.31. The van der Waals surface area contributed by atoms with E-state index in [1.54, 1.807) is 12.1 Å². The fourth-order valence-corrected chi connectivity index (χ4v) is 4.17. The Morgan fingerprint density at radius 1 is 1.13 bits per heavy atom. The molecule has 156 valence electrons. The molecule has 0 saturated carbocycles. The average molecular weight is 425 g/mol. The third-order valence-corrected chi connectivity index (χ3v) is 5.79. The van der Waals surface area contributed by atoms with E-state index in [1.807, 2.05) is 30.3 Å². The van der Waals surface area contributed by atoms with Gasteiger partial charge in [-0.2, -0.15) is 4.37 Å². The molecule has 1 saturated heterocycles. The summed E-state index contributed by atoms with van der Waals surface area (Å²) in [4.78, 5) is 12.9. The van der Waals surface area contributed by atoms with Gasteiger partial charge < -0.3 is 20.5 Å². The van der Waals surface area contributed by atoms with Gasteiger partial charge in [-0.25, -0.2) is 0 Å². The molecule has 4 rings (SSSR count). The molecule has 1 aromatic heterocycles. The SMILES string of the molecule is O=C(NC(c1nsnc1OCc1ccccc1)C1CCNCC1)c1ccc(O)cc1. The second-order valence-corrected chi connectivity index (χ2v) is 7.84. The van der Waals surface area contributed by atoms with Gasteiger partial charge in [0, 0.05) is 5.56 Å². The molecule has 1 aliphatic rings. The largest absolute Gasteiger partial charge is 0.508 e. The van der Waals surface area contributed by atoms with E-state index in [4.69, 9.17) is 4.74 Å². The molecule has 2 heterocycles. The Morgan fingerprint density at radius 2 is 1.87 bits per heavy atom. The summed E-state index contributed by atoms with van der Waals surface area (Å²) in [6, 6.07) is 15.8. The lowest BCUT2D eigenvalue weighted by Crippen LogP contribution is -2.39. The van der Waals surface area contributed by atoms with Crippen molar-refractivity contribution in [2.75, 3.05) is 13.1 Å². The first-order valence-electron chi connectivity index (χ1n) is 10.0. The maximum Gasteiger partial charge on any atom is 0.251 e. The number of benzene rings is 2. The highest BCUT2D eigenvalue weighted by Gasteiger charge is 2.32. The minimum Gasteiger partial charge on any atom is -0.508 e. The van der Waals surface area contributed by atoms with Crippen LogP contribution in [0, 0.1) is 5.92 Å². The van der Waals surface area contributed by atoms with Gasteiger partial charge in [-0.3, -0.25) is 4.79 Å². The molecule has 0 spiro atoms. The predicted octanol–water partition coefficient (Wildman–Crippen LogP) is 3.29. The molecular formula is C22H24N4O3S. The summed E-state index contributed by atoms with van der Waals surface area (Å²) in [6.07, 6.45) is 1.85. The Balaban J connectivity index is 1.54. The zero-order valence-corrected chi connectivity index (χ0v) is 17.3. The van der Waals surface area contributed by atoms with Crippen molar-refractivity contribution >= 4 is 17.6 Å². The minimum atomic E-state index is -0.294. The lowest BCUT2D eigenvalue weighted by molar-refractivity contribution is 0.0911. The van der Waals surface area contributed by atoms with E-state index < -0.39 is 0 Å². The number of phenols is 1. The zero-order valence-electron chi connectivity index (χ0n) is 16.5. The van der Waals surface area contributed by atoms with Crippen molar-refractivity contribution in [2.45, 2.75) is 25.5 Å². The van der Waals surface area contributed by atoms with Gasteiger partial charge in [0.15, 0.2) is 0 Å². The Morgan fingerprint density at radius 3 is 2.60 bits per heavy atom. The predicted molar refractivity (Wildman–Crippen MR) is 115 cm³/mol. The van der Waals surface area contributed by atoms with E-state index in [9.17, 15) is 9.90 Å². The molecule has 0 aliphatic carbocycles. The van der Waals surface area contributed by atoms with Crippen molar-refractivity contribution in [3.63, 3.8) is 0 Å². The van der Waals surface area contributed by atoms with Gasteiger partial charge in [0.2, 0.25) is 0 Å². The molecule has 8 heteroatoms. The maximum atomic E-state index is 12.9. The van der Waals surface area contributed by atoms with Gasteiger partial charge in [0.25, 0.3) is 11.8 Å². The Bertz CT molecular complexity index is 956. The summed E-state index contributed by atoms with van der Waals surface area (Å²) in [5.41, 5.74) is 2.21. The molecule has 1 amide bonds. The van der Waals surface area contributed by atoms with Crippen molar-refractivity contribution in [1.82, 2.24) is 19.4 Å². The Hall–Kier alpha value is -2.97. The molecular weight excluding hydrogens is 400 g/mol. The highest BCUT2D eigenvalue weighted by atomic mass is 32.1. The van der Waals surface area contributed by atoms with Crippen molar-refractivity contribution in [1.29, 1.82) is 0 Å². The molecule has 3 aromatic rings. The molecule has 1 atom stereocenters. The van der Waals surface area contributed by atoms with Crippen molar-refractivity contribution in [3.8, 4) is 11.6 Å². The number of ether oxygens (including phenoxy) is 1. The Kier molecular flexibility index (Phi) is 6.56. The molecule has 1 aliphatic heterocycles. The summed E-state index contributed by atoms with van der Waals surface area (Å²) in [5, 5.41) is 16.0. The zero-order chi connectivity index (χ0) is 20.8. The molecule has 3 N–H and O–H groups in total. The normalized spacial score (nSPS) is 15.5. The van der Waals surface area contributed by atoms with Crippen LogP contribution in [0.5, 0.6) is 11.6 Å². The number of carbonyl (C=O) groups excluding carboxylic acids is 1. The molecule has 30 heavy (non-hydrogen) atoms. The van der Waals surface area contributed by atoms with Crippen LogP contribution < -0.4 is 15.4 Å². The highest BCUT2D eigenvalue weighted by Crippen LogP contribution is 2.34. The number of aromatic nitrogens is 2. The number of hydrogen-bond donors (Lipinski definition) is 3. The lowest BCUT2D eigenvalue weighted by Gasteiger charge is -2.30. The van der Waals surface area contributed by atoms with Gasteiger partial charge in [0.1, 0.15) is 18.1 Å². The van der Waals surface area contributed by atoms with E-state index in [-0.39, 0.29) is 23.6 Å². The molecule has 7 nitrogen and oxygen atoms in total. The van der Waals surface area contributed by atoms with Gasteiger partial charge in [-0.15, -0.1) is 4.37 Å². The Labute approximate surface area is 179 Å². The van der Waals surface area contributed by atoms with Crippen LogP contribution in [0.25, 0.3) is 0 Å². The number of nitrogens with zero attached hydrogens (tertiary/aromatic N) is 2. The first-order chi connectivity index (χ1) is 14.7. The van der Waals surface area contributed by atoms with E-state index in [1.165, 1.54) is 12.1 Å². The van der Waals surface area contributed by atoms with Crippen LogP contribution in [-0.4, -0.2) is 32.9 Å². The highest BCUT2D eigenvalue weighted by molar-refractivity contribution is 6.99. The number of piperidine rings is 1. The summed E-state index contributed by atoms with van der Waals surface area (Å²) in [6.45, 7) is 2.19. The number of phenolic OH excluding ortho intramolecular Hbond substituents is 1. The molecule has 0 bridgehead atoms. The van der Waals surface area contributed by atoms with E-state index in [2.05, 4.69) is 19.4 Å². The lowest BCUT2D eigenvalue weighted by atomic mass is 9.88. The van der Waals surface area contributed by atoms with Gasteiger partial charge >= 0.3 is 0 Å². The van der Waals surface area contributed by atoms with Gasteiger partial charge in [-0.1, -0.05) is 30.3 Å². The second kappa shape index (κ2) is 9.69.